The molecule has 20 heavy (non-hydrogen) atoms. The first-order valence-corrected chi connectivity index (χ1v) is 4.29. The van der Waals surface area contributed by atoms with Gasteiger partial charge in [-0.2, -0.15) is 8.78 Å². The van der Waals surface area contributed by atoms with Crippen LogP contribution in [-0.2, 0) is 9.63 Å². The van der Waals surface area contributed by atoms with Gasteiger partial charge < -0.3 is 15.1 Å². The number of carboxylic acid groups (broad SMARTS) is 1. The van der Waals surface area contributed by atoms with Gasteiger partial charge in [0.2, 0.25) is 29.1 Å². The van der Waals surface area contributed by atoms with Gasteiger partial charge in [-0.1, -0.05) is 0 Å². The molecule has 0 spiro atoms. The van der Waals surface area contributed by atoms with Crippen molar-refractivity contribution >= 4 is 5.97 Å². The highest BCUT2D eigenvalue weighted by molar-refractivity contribution is 5.67. The summed E-state index contributed by atoms with van der Waals surface area (Å²) < 4.78 is 60.6. The van der Waals surface area contributed by atoms with E-state index in [-0.39, 0.29) is 0 Å². The smallest absolute Gasteiger partial charge is 0.329 e. The molecule has 0 unspecified atom stereocenters. The molecule has 7 nitrogen and oxygen atoms in total. The summed E-state index contributed by atoms with van der Waals surface area (Å²) in [6, 6.07) is 0. The lowest BCUT2D eigenvalue weighted by atomic mass is 10.3. The van der Waals surface area contributed by atoms with Crippen LogP contribution < -0.4 is 0 Å². The van der Waals surface area contributed by atoms with E-state index in [2.05, 4.69) is 4.84 Å². The number of halogens is 5. The lowest BCUT2D eigenvalue weighted by Gasteiger charge is -2.00. The van der Waals surface area contributed by atoms with Gasteiger partial charge in [0, 0.05) is 0 Å². The van der Waals surface area contributed by atoms with Crippen molar-refractivity contribution in [1.82, 2.24) is 0 Å². The molecule has 0 aliphatic heterocycles. The normalized spacial score (nSPS) is 9.45. The molecule has 0 bridgehead atoms. The largest absolute Gasteiger partial charge is 0.503 e. The fourth-order valence-electron chi connectivity index (χ4n) is 0.701. The Balaban J connectivity index is 0.000000396. The highest BCUT2D eigenvalue weighted by Crippen LogP contribution is 2.27. The van der Waals surface area contributed by atoms with E-state index < -0.39 is 52.5 Å². The lowest BCUT2D eigenvalue weighted by molar-refractivity contribution is -0.754. The van der Waals surface area contributed by atoms with E-state index in [0.29, 0.717) is 0 Å². The summed E-state index contributed by atoms with van der Waals surface area (Å²) in [5.41, 5.74) is 0. The van der Waals surface area contributed by atoms with E-state index in [4.69, 9.17) is 10.2 Å². The Labute approximate surface area is 105 Å². The predicted molar refractivity (Wildman–Crippen MR) is 48.5 cm³/mol. The second kappa shape index (κ2) is 7.06. The highest BCUT2D eigenvalue weighted by atomic mass is 19.2. The van der Waals surface area contributed by atoms with Crippen LogP contribution in [0.2, 0.25) is 0 Å². The summed E-state index contributed by atoms with van der Waals surface area (Å²) in [6.07, 6.45) is 0. The minimum atomic E-state index is -2.29. The maximum Gasteiger partial charge on any atom is 0.329 e. The zero-order valence-electron chi connectivity index (χ0n) is 9.07. The summed E-state index contributed by atoms with van der Waals surface area (Å²) in [5, 5.41) is 24.1. The van der Waals surface area contributed by atoms with Crippen LogP contribution in [0.15, 0.2) is 0 Å². The first-order valence-electron chi connectivity index (χ1n) is 4.29. The van der Waals surface area contributed by atoms with Crippen molar-refractivity contribution in [3.05, 3.63) is 39.2 Å². The standard InChI is InChI=1S/C6HF5O.C2H3NO5/c7-1-2(8)4(10)6(12)5(11)3(1)9;4-2(5)1-8-3(6)7/h12H;1H2,(H,4,5). The molecule has 1 rings (SSSR count). The van der Waals surface area contributed by atoms with E-state index in [9.17, 15) is 36.9 Å². The van der Waals surface area contributed by atoms with Crippen molar-refractivity contribution < 1.29 is 46.9 Å². The third-order valence-corrected chi connectivity index (χ3v) is 1.48. The van der Waals surface area contributed by atoms with Crippen molar-refractivity contribution in [2.45, 2.75) is 0 Å². The van der Waals surface area contributed by atoms with Crippen molar-refractivity contribution in [2.24, 2.45) is 0 Å². The number of hydrogen-bond acceptors (Lipinski definition) is 5. The topological polar surface area (TPSA) is 110 Å². The third-order valence-electron chi connectivity index (χ3n) is 1.48. The summed E-state index contributed by atoms with van der Waals surface area (Å²) in [4.78, 5) is 22.1. The molecule has 2 N–H and O–H groups in total. The molecule has 112 valence electrons. The number of phenols is 1. The van der Waals surface area contributed by atoms with E-state index in [0.717, 1.165) is 0 Å². The Bertz CT molecular complexity index is 418. The third kappa shape index (κ3) is 4.55. The number of hydrogen-bond donors (Lipinski definition) is 2. The van der Waals surface area contributed by atoms with Gasteiger partial charge in [-0.3, -0.25) is 4.79 Å². The van der Waals surface area contributed by atoms with Gasteiger partial charge in [0.05, 0.1) is 0 Å². The lowest BCUT2D eigenvalue weighted by Crippen LogP contribution is -2.10. The monoisotopic (exact) mass is 305 g/mol. The highest BCUT2D eigenvalue weighted by Gasteiger charge is 2.24. The minimum Gasteiger partial charge on any atom is -0.503 e. The van der Waals surface area contributed by atoms with Gasteiger partial charge in [0.15, 0.2) is 12.4 Å². The fraction of sp³-hybridized carbons (Fsp3) is 0.125. The van der Waals surface area contributed by atoms with Crippen molar-refractivity contribution in [2.75, 3.05) is 6.61 Å². The molecule has 1 aromatic carbocycles. The maximum atomic E-state index is 12.2. The zero-order chi connectivity index (χ0) is 16.0. The SMILES string of the molecule is O=C(O)CO[N+](=O)[O-].Oc1c(F)c(F)c(F)c(F)c1F. The molecule has 0 radical (unpaired) electrons. The van der Waals surface area contributed by atoms with E-state index >= 15 is 0 Å². The van der Waals surface area contributed by atoms with Crippen molar-refractivity contribution in [3.8, 4) is 5.75 Å². The molecule has 0 heterocycles. The summed E-state index contributed by atoms with van der Waals surface area (Å²) in [5.74, 6) is -14.3. The fourth-order valence-corrected chi connectivity index (χ4v) is 0.701. The van der Waals surface area contributed by atoms with Crippen LogP contribution in [-0.4, -0.2) is 27.9 Å². The average molecular weight is 305 g/mol. The quantitative estimate of drug-likeness (QED) is 0.287. The van der Waals surface area contributed by atoms with Crippen molar-refractivity contribution in [1.29, 1.82) is 0 Å². The molecule has 0 saturated heterocycles. The first kappa shape index (κ1) is 17.3. The molecule has 0 aliphatic rings. The second-order valence-electron chi connectivity index (χ2n) is 2.81. The summed E-state index contributed by atoms with van der Waals surface area (Å²) in [7, 11) is 0. The average Bonchev–Trinajstić information content (AvgIpc) is 2.39. The van der Waals surface area contributed by atoms with Crippen LogP contribution >= 0.6 is 0 Å². The molecule has 12 heteroatoms. The number of rotatable bonds is 3. The van der Waals surface area contributed by atoms with Gasteiger partial charge >= 0.3 is 5.97 Å². The Morgan fingerprint density at radius 2 is 1.40 bits per heavy atom. The molecule has 0 atom stereocenters. The summed E-state index contributed by atoms with van der Waals surface area (Å²) >= 11 is 0. The Morgan fingerprint density at radius 1 is 1.05 bits per heavy atom. The van der Waals surface area contributed by atoms with Gasteiger partial charge in [-0.25, -0.2) is 13.2 Å². The van der Waals surface area contributed by atoms with Crippen LogP contribution in [0.1, 0.15) is 0 Å². The number of nitrogens with zero attached hydrogens (tertiary/aromatic N) is 1. The molecule has 0 amide bonds. The number of aromatic hydroxyl groups is 1. The minimum absolute atomic E-state index is 0.896. The Morgan fingerprint density at radius 3 is 1.65 bits per heavy atom. The number of carboxylic acids is 1. The van der Waals surface area contributed by atoms with Gasteiger partial charge in [0.1, 0.15) is 0 Å². The van der Waals surface area contributed by atoms with Crippen LogP contribution in [0.25, 0.3) is 0 Å². The molecule has 0 fully saturated rings. The van der Waals surface area contributed by atoms with Crippen LogP contribution in [0.3, 0.4) is 0 Å². The maximum absolute atomic E-state index is 12.2. The van der Waals surface area contributed by atoms with Gasteiger partial charge in [0.25, 0.3) is 5.09 Å². The molecule has 0 aliphatic carbocycles. The molecule has 0 aromatic heterocycles. The zero-order valence-corrected chi connectivity index (χ0v) is 9.07. The Kier molecular flexibility index (Phi) is 6.12. The van der Waals surface area contributed by atoms with Crippen molar-refractivity contribution in [3.63, 3.8) is 0 Å². The molecular weight excluding hydrogens is 301 g/mol. The molecule has 0 saturated carbocycles. The van der Waals surface area contributed by atoms with Gasteiger partial charge in [-0.05, 0) is 0 Å². The molecule has 1 aromatic rings. The number of carbonyl (C=O) groups is 1. The second-order valence-corrected chi connectivity index (χ2v) is 2.81. The van der Waals surface area contributed by atoms with Crippen LogP contribution in [0.4, 0.5) is 22.0 Å². The predicted octanol–water partition coefficient (Wildman–Crippen LogP) is 1.37. The van der Waals surface area contributed by atoms with E-state index in [1.54, 1.807) is 0 Å². The van der Waals surface area contributed by atoms with Crippen LogP contribution in [0.5, 0.6) is 5.75 Å². The number of benzene rings is 1. The van der Waals surface area contributed by atoms with E-state index in [1.165, 1.54) is 0 Å². The number of phenolic OH excluding ortho intramolecular Hbond substituents is 1. The van der Waals surface area contributed by atoms with E-state index in [1.807, 2.05) is 0 Å². The first-order chi connectivity index (χ1) is 9.09. The summed E-state index contributed by atoms with van der Waals surface area (Å²) in [6.45, 7) is -0.896. The van der Waals surface area contributed by atoms with Crippen LogP contribution in [0, 0.1) is 39.2 Å². The molecular formula is C8H4F5NO6. The van der Waals surface area contributed by atoms with Gasteiger partial charge in [-0.15, -0.1) is 10.1 Å². The Hall–Kier alpha value is -2.66. The number of aliphatic carboxylic acids is 1.